The summed E-state index contributed by atoms with van der Waals surface area (Å²) in [6.07, 6.45) is 3.54. The fourth-order valence-corrected chi connectivity index (χ4v) is 3.43. The van der Waals surface area contributed by atoms with E-state index in [1.54, 1.807) is 12.1 Å². The van der Waals surface area contributed by atoms with E-state index in [9.17, 15) is 4.39 Å². The Labute approximate surface area is 115 Å². The van der Waals surface area contributed by atoms with Crippen LogP contribution in [0.3, 0.4) is 0 Å². The van der Waals surface area contributed by atoms with Gasteiger partial charge in [0.05, 0.1) is 18.6 Å². The van der Waals surface area contributed by atoms with Gasteiger partial charge in [0.2, 0.25) is 0 Å². The highest BCUT2D eigenvalue weighted by molar-refractivity contribution is 9.10. The van der Waals surface area contributed by atoms with Crippen LogP contribution in [0.15, 0.2) is 22.7 Å². The molecule has 4 heteroatoms. The lowest BCUT2D eigenvalue weighted by atomic mass is 9.70. The molecule has 2 saturated heterocycles. The number of hydrogen-bond donors (Lipinski definition) is 1. The largest absolute Gasteiger partial charge is 0.379 e. The van der Waals surface area contributed by atoms with E-state index in [1.807, 2.05) is 6.07 Å². The van der Waals surface area contributed by atoms with Gasteiger partial charge in [0.25, 0.3) is 0 Å². The molecule has 0 saturated carbocycles. The average molecular weight is 314 g/mol. The Morgan fingerprint density at radius 2 is 2.17 bits per heavy atom. The van der Waals surface area contributed by atoms with Crippen molar-refractivity contribution in [3.63, 3.8) is 0 Å². The quantitative estimate of drug-likeness (QED) is 0.906. The van der Waals surface area contributed by atoms with Crippen LogP contribution in [0, 0.1) is 5.82 Å². The maximum atomic E-state index is 14.1. The number of ether oxygens (including phenoxy) is 1. The average Bonchev–Trinajstić information content (AvgIpc) is 2.34. The summed E-state index contributed by atoms with van der Waals surface area (Å²) >= 11 is 3.44. The Kier molecular flexibility index (Phi) is 3.43. The number of halogens is 2. The Morgan fingerprint density at radius 3 is 2.78 bits per heavy atom. The summed E-state index contributed by atoms with van der Waals surface area (Å²) in [4.78, 5) is 0. The molecule has 0 bridgehead atoms. The maximum absolute atomic E-state index is 14.1. The molecular formula is C14H17BrFNO. The van der Waals surface area contributed by atoms with Crippen molar-refractivity contribution in [3.05, 3.63) is 34.1 Å². The van der Waals surface area contributed by atoms with E-state index in [0.717, 1.165) is 23.0 Å². The van der Waals surface area contributed by atoms with Crippen LogP contribution < -0.4 is 5.32 Å². The molecule has 0 radical (unpaired) electrons. The number of hydrogen-bond acceptors (Lipinski definition) is 2. The minimum Gasteiger partial charge on any atom is -0.379 e. The second kappa shape index (κ2) is 4.91. The van der Waals surface area contributed by atoms with Gasteiger partial charge in [-0.25, -0.2) is 4.39 Å². The molecule has 98 valence electrons. The van der Waals surface area contributed by atoms with Crippen LogP contribution in [-0.4, -0.2) is 25.8 Å². The SMILES string of the molecule is Fc1ccc(Br)cc1C1(C2CCCCN2)COC1. The van der Waals surface area contributed by atoms with E-state index in [1.165, 1.54) is 12.8 Å². The summed E-state index contributed by atoms with van der Waals surface area (Å²) in [5, 5.41) is 3.55. The monoisotopic (exact) mass is 313 g/mol. The molecule has 1 aromatic carbocycles. The van der Waals surface area contributed by atoms with Crippen LogP contribution in [-0.2, 0) is 10.2 Å². The predicted octanol–water partition coefficient (Wildman–Crippen LogP) is 3.00. The van der Waals surface area contributed by atoms with Gasteiger partial charge >= 0.3 is 0 Å². The van der Waals surface area contributed by atoms with Gasteiger partial charge < -0.3 is 10.1 Å². The van der Waals surface area contributed by atoms with Gasteiger partial charge in [0.1, 0.15) is 5.82 Å². The third-order valence-corrected chi connectivity index (χ3v) is 4.65. The van der Waals surface area contributed by atoms with Gasteiger partial charge in [-0.2, -0.15) is 0 Å². The second-order valence-electron chi connectivity index (χ2n) is 5.28. The first-order valence-electron chi connectivity index (χ1n) is 6.49. The van der Waals surface area contributed by atoms with Gasteiger partial charge in [-0.1, -0.05) is 22.4 Å². The molecule has 0 aliphatic carbocycles. The van der Waals surface area contributed by atoms with Crippen molar-refractivity contribution >= 4 is 15.9 Å². The smallest absolute Gasteiger partial charge is 0.127 e. The standard InChI is InChI=1S/C14H17BrFNO/c15-10-4-5-12(16)11(7-10)14(8-18-9-14)13-3-1-2-6-17-13/h4-5,7,13,17H,1-3,6,8-9H2. The molecule has 1 aromatic rings. The minimum absolute atomic E-state index is 0.117. The second-order valence-corrected chi connectivity index (χ2v) is 6.19. The fraction of sp³-hybridized carbons (Fsp3) is 0.571. The van der Waals surface area contributed by atoms with Crippen LogP contribution in [0.2, 0.25) is 0 Å². The highest BCUT2D eigenvalue weighted by Crippen LogP contribution is 2.40. The van der Waals surface area contributed by atoms with Crippen molar-refractivity contribution < 1.29 is 9.13 Å². The molecule has 3 rings (SSSR count). The Hall–Kier alpha value is -0.450. The third-order valence-electron chi connectivity index (χ3n) is 4.16. The lowest BCUT2D eigenvalue weighted by molar-refractivity contribution is -0.0842. The molecule has 2 aliphatic heterocycles. The molecule has 18 heavy (non-hydrogen) atoms. The fourth-order valence-electron chi connectivity index (χ4n) is 3.07. The van der Waals surface area contributed by atoms with Crippen LogP contribution in [0.25, 0.3) is 0 Å². The number of piperidine rings is 1. The normalized spacial score (nSPS) is 26.7. The van der Waals surface area contributed by atoms with E-state index in [-0.39, 0.29) is 11.2 Å². The maximum Gasteiger partial charge on any atom is 0.127 e. The first-order chi connectivity index (χ1) is 8.72. The molecule has 2 aliphatic rings. The van der Waals surface area contributed by atoms with Gasteiger partial charge in [-0.3, -0.25) is 0 Å². The molecule has 1 unspecified atom stereocenters. The number of benzene rings is 1. The van der Waals surface area contributed by atoms with E-state index in [4.69, 9.17) is 4.74 Å². The molecule has 0 amide bonds. The number of nitrogens with one attached hydrogen (secondary N) is 1. The predicted molar refractivity (Wildman–Crippen MR) is 72.2 cm³/mol. The molecule has 0 aromatic heterocycles. The van der Waals surface area contributed by atoms with E-state index in [0.29, 0.717) is 19.3 Å². The Bertz CT molecular complexity index is 441. The zero-order valence-corrected chi connectivity index (χ0v) is 11.8. The van der Waals surface area contributed by atoms with Gasteiger partial charge in [-0.15, -0.1) is 0 Å². The molecular weight excluding hydrogens is 297 g/mol. The Balaban J connectivity index is 1.97. The van der Waals surface area contributed by atoms with Crippen molar-refractivity contribution in [1.82, 2.24) is 5.32 Å². The lowest BCUT2D eigenvalue weighted by Gasteiger charge is -2.49. The topological polar surface area (TPSA) is 21.3 Å². The van der Waals surface area contributed by atoms with Crippen molar-refractivity contribution in [2.24, 2.45) is 0 Å². The van der Waals surface area contributed by atoms with Gasteiger partial charge in [-0.05, 0) is 37.6 Å². The molecule has 1 N–H and O–H groups in total. The molecule has 1 atom stereocenters. The summed E-state index contributed by atoms with van der Waals surface area (Å²) in [5.41, 5.74) is 0.622. The van der Waals surface area contributed by atoms with Crippen molar-refractivity contribution in [2.75, 3.05) is 19.8 Å². The minimum atomic E-state index is -0.172. The van der Waals surface area contributed by atoms with Crippen molar-refractivity contribution in [3.8, 4) is 0 Å². The lowest BCUT2D eigenvalue weighted by Crippen LogP contribution is -2.61. The van der Waals surface area contributed by atoms with Crippen LogP contribution in [0.5, 0.6) is 0 Å². The summed E-state index contributed by atoms with van der Waals surface area (Å²) < 4.78 is 20.5. The van der Waals surface area contributed by atoms with Gasteiger partial charge in [0, 0.05) is 16.1 Å². The third kappa shape index (κ3) is 2.00. The first-order valence-corrected chi connectivity index (χ1v) is 7.28. The summed E-state index contributed by atoms with van der Waals surface area (Å²) in [6.45, 7) is 2.28. The molecule has 2 nitrogen and oxygen atoms in total. The first kappa shape index (κ1) is 12.6. The van der Waals surface area contributed by atoms with Crippen LogP contribution in [0.1, 0.15) is 24.8 Å². The number of rotatable bonds is 2. The summed E-state index contributed by atoms with van der Waals surface area (Å²) in [6, 6.07) is 5.54. The zero-order valence-electron chi connectivity index (χ0n) is 10.2. The molecule has 0 spiro atoms. The highest BCUT2D eigenvalue weighted by atomic mass is 79.9. The van der Waals surface area contributed by atoms with Crippen molar-refractivity contribution in [2.45, 2.75) is 30.7 Å². The van der Waals surface area contributed by atoms with Gasteiger partial charge in [0.15, 0.2) is 0 Å². The summed E-state index contributed by atoms with van der Waals surface area (Å²) in [7, 11) is 0. The highest BCUT2D eigenvalue weighted by Gasteiger charge is 2.48. The van der Waals surface area contributed by atoms with Crippen LogP contribution >= 0.6 is 15.9 Å². The molecule has 2 fully saturated rings. The van der Waals surface area contributed by atoms with Crippen LogP contribution in [0.4, 0.5) is 4.39 Å². The van der Waals surface area contributed by atoms with E-state index < -0.39 is 0 Å². The zero-order chi connectivity index (χ0) is 12.6. The van der Waals surface area contributed by atoms with Crippen molar-refractivity contribution in [1.29, 1.82) is 0 Å². The van der Waals surface area contributed by atoms with E-state index in [2.05, 4.69) is 21.2 Å². The molecule has 2 heterocycles. The Morgan fingerprint density at radius 1 is 1.33 bits per heavy atom. The summed E-state index contributed by atoms with van der Waals surface area (Å²) in [5.74, 6) is -0.117. The van der Waals surface area contributed by atoms with E-state index >= 15 is 0 Å².